The zero-order valence-electron chi connectivity index (χ0n) is 32.5. The van der Waals surface area contributed by atoms with E-state index in [0.29, 0.717) is 36.1 Å². The molecule has 0 spiro atoms. The number of aryl methyl sites for hydroxylation is 1. The van der Waals surface area contributed by atoms with Crippen molar-refractivity contribution in [2.45, 2.75) is 56.5 Å². The van der Waals surface area contributed by atoms with Crippen molar-refractivity contribution in [2.24, 2.45) is 23.7 Å². The molecule has 6 atom stereocenters. The van der Waals surface area contributed by atoms with E-state index in [1.165, 1.54) is 10.6 Å². The Morgan fingerprint density at radius 3 is 2.17 bits per heavy atom. The molecule has 1 saturated carbocycles. The molecule has 0 aromatic heterocycles. The quantitative estimate of drug-likeness (QED) is 0.130. The van der Waals surface area contributed by atoms with Crippen molar-refractivity contribution in [3.8, 4) is 5.75 Å². The number of aromatic hydroxyl groups is 1. The van der Waals surface area contributed by atoms with Crippen molar-refractivity contribution in [3.63, 3.8) is 0 Å². The molecule has 0 unspecified atom stereocenters. The third kappa shape index (κ3) is 5.54. The Morgan fingerprint density at radius 2 is 1.43 bits per heavy atom. The van der Waals surface area contributed by atoms with Gasteiger partial charge in [0.05, 0.1) is 28.9 Å². The van der Waals surface area contributed by atoms with Gasteiger partial charge in [0.15, 0.2) is 0 Å². The number of anilines is 1. The molecular weight excluding hydrogens is 725 g/mol. The molecule has 3 heterocycles. The third-order valence-corrected chi connectivity index (χ3v) is 13.8. The molecule has 4 amide bonds. The van der Waals surface area contributed by atoms with E-state index in [-0.39, 0.29) is 35.9 Å². The van der Waals surface area contributed by atoms with Crippen LogP contribution < -0.4 is 5.43 Å². The smallest absolute Gasteiger partial charge is 0.260 e. The maximum absolute atomic E-state index is 15.6. The van der Waals surface area contributed by atoms with Gasteiger partial charge in [-0.25, -0.2) is 0 Å². The molecule has 292 valence electrons. The molecule has 5 aliphatic rings. The van der Waals surface area contributed by atoms with Crippen LogP contribution >= 0.6 is 0 Å². The molecule has 58 heavy (non-hydrogen) atoms. The highest BCUT2D eigenvalue weighted by Gasteiger charge is 2.71. The first-order valence-corrected chi connectivity index (χ1v) is 20.6. The molecular formula is C49H46N4O5. The number of rotatable bonds is 7. The number of phenols is 1. The molecule has 2 aliphatic carbocycles. The fourth-order valence-corrected chi connectivity index (χ4v) is 11.2. The first kappa shape index (κ1) is 36.3. The first-order chi connectivity index (χ1) is 28.3. The Bertz CT molecular complexity index is 2480. The van der Waals surface area contributed by atoms with E-state index in [1.807, 2.05) is 110 Å². The molecule has 5 aromatic carbocycles. The molecule has 10 rings (SSSR count). The summed E-state index contributed by atoms with van der Waals surface area (Å²) in [5, 5.41) is 14.9. The molecule has 5 aromatic rings. The summed E-state index contributed by atoms with van der Waals surface area (Å²) in [6.07, 6.45) is 4.03. The zero-order chi connectivity index (χ0) is 39.7. The number of allylic oxidation sites excluding steroid dienone is 2. The summed E-state index contributed by atoms with van der Waals surface area (Å²) in [6, 6.07) is 38.5. The largest absolute Gasteiger partial charge is 0.508 e. The van der Waals surface area contributed by atoms with Crippen molar-refractivity contribution in [1.29, 1.82) is 0 Å². The van der Waals surface area contributed by atoms with Gasteiger partial charge in [-0.15, -0.1) is 0 Å². The van der Waals surface area contributed by atoms with Gasteiger partial charge in [-0.2, -0.15) is 5.01 Å². The van der Waals surface area contributed by atoms with Crippen molar-refractivity contribution in [3.05, 3.63) is 155 Å². The molecule has 9 nitrogen and oxygen atoms in total. The Balaban J connectivity index is 1.08. The number of benzene rings is 5. The van der Waals surface area contributed by atoms with Crippen molar-refractivity contribution < 1.29 is 24.3 Å². The topological polar surface area (TPSA) is 110 Å². The standard InChI is InChI=1S/C49H46N4O5/c1-30-16-19-34(20-17-30)50-53-46(56)40-28-39-37(21-22-38-42(39)47(57)52(45(38)55)35-24-26-51(27-25-35)29-31-10-4-2-5-11-31)44(49(40,48(53)58)33-13-6-3-7-14-33)43-36-15-9-8-12-32(36)18-23-41(43)54/h2-21,23,35,38-40,42,44,50,54H,22,24-29H2,1H3/t38-,39+,40-,42-,44+,49+/m0/s1. The summed E-state index contributed by atoms with van der Waals surface area (Å²) in [5.41, 5.74) is 6.64. The average Bonchev–Trinajstić information content (AvgIpc) is 3.63. The fourth-order valence-electron chi connectivity index (χ4n) is 11.2. The van der Waals surface area contributed by atoms with E-state index >= 15 is 9.59 Å². The number of carbonyl (C=O) groups is 4. The lowest BCUT2D eigenvalue weighted by atomic mass is 9.48. The van der Waals surface area contributed by atoms with Crippen LogP contribution in [0.3, 0.4) is 0 Å². The van der Waals surface area contributed by atoms with Crippen LogP contribution in [0.15, 0.2) is 133 Å². The van der Waals surface area contributed by atoms with Crippen molar-refractivity contribution >= 4 is 40.1 Å². The molecule has 3 saturated heterocycles. The SMILES string of the molecule is Cc1ccc(NN2C(=O)[C@@H]3C[C@@H]4C(=CC[C@@H]5C(=O)N(C6CCN(Cc7ccccc7)CC6)C(=O)[C@@H]54)[C@H](c4c(O)ccc5ccccc45)[C@]3(c3ccccc3)C2=O)cc1. The zero-order valence-corrected chi connectivity index (χ0v) is 32.5. The Labute approximate surface area is 337 Å². The highest BCUT2D eigenvalue weighted by Crippen LogP contribution is 2.65. The average molecular weight is 771 g/mol. The van der Waals surface area contributed by atoms with Crippen LogP contribution in [-0.2, 0) is 31.1 Å². The van der Waals surface area contributed by atoms with Crippen LogP contribution in [0.1, 0.15) is 53.9 Å². The minimum Gasteiger partial charge on any atom is -0.508 e. The highest BCUT2D eigenvalue weighted by molar-refractivity contribution is 6.13. The number of imide groups is 2. The maximum Gasteiger partial charge on any atom is 0.260 e. The fraction of sp³-hybridized carbons (Fsp3) is 0.306. The lowest BCUT2D eigenvalue weighted by Gasteiger charge is -2.51. The van der Waals surface area contributed by atoms with Gasteiger partial charge in [0.2, 0.25) is 11.8 Å². The molecule has 4 fully saturated rings. The number of nitrogens with zero attached hydrogens (tertiary/aromatic N) is 3. The predicted molar refractivity (Wildman–Crippen MR) is 221 cm³/mol. The summed E-state index contributed by atoms with van der Waals surface area (Å²) in [5.74, 6) is -4.53. The number of hydrogen-bond acceptors (Lipinski definition) is 7. The number of hydrazine groups is 1. The van der Waals surface area contributed by atoms with Gasteiger partial charge in [-0.3, -0.25) is 34.4 Å². The maximum atomic E-state index is 15.6. The number of phenolic OH excluding ortho intramolecular Hbond substituents is 1. The number of nitrogens with one attached hydrogen (secondary N) is 1. The van der Waals surface area contributed by atoms with E-state index in [0.717, 1.165) is 41.5 Å². The lowest BCUT2D eigenvalue weighted by molar-refractivity contribution is -0.144. The van der Waals surface area contributed by atoms with E-state index < -0.39 is 40.9 Å². The highest BCUT2D eigenvalue weighted by atomic mass is 16.3. The first-order valence-electron chi connectivity index (χ1n) is 20.6. The molecule has 9 heteroatoms. The molecule has 3 aliphatic heterocycles. The summed E-state index contributed by atoms with van der Waals surface area (Å²) < 4.78 is 0. The Morgan fingerprint density at radius 1 is 0.741 bits per heavy atom. The van der Waals surface area contributed by atoms with E-state index in [4.69, 9.17) is 0 Å². The van der Waals surface area contributed by atoms with E-state index in [9.17, 15) is 14.7 Å². The van der Waals surface area contributed by atoms with Gasteiger partial charge in [-0.1, -0.05) is 120 Å². The Kier molecular flexibility index (Phi) is 8.82. The van der Waals surface area contributed by atoms with Gasteiger partial charge in [-0.05, 0) is 78.6 Å². The second-order valence-electron chi connectivity index (χ2n) is 16.9. The van der Waals surface area contributed by atoms with Crippen LogP contribution in [0.2, 0.25) is 0 Å². The van der Waals surface area contributed by atoms with Crippen LogP contribution in [0.4, 0.5) is 5.69 Å². The lowest BCUT2D eigenvalue weighted by Crippen LogP contribution is -2.53. The van der Waals surface area contributed by atoms with Crippen LogP contribution in [0.25, 0.3) is 10.8 Å². The Hall–Kier alpha value is -6.06. The number of carbonyl (C=O) groups excluding carboxylic acids is 4. The van der Waals surface area contributed by atoms with Gasteiger partial charge in [0.25, 0.3) is 11.8 Å². The van der Waals surface area contributed by atoms with Crippen LogP contribution in [-0.4, -0.2) is 62.7 Å². The van der Waals surface area contributed by atoms with Gasteiger partial charge < -0.3 is 5.11 Å². The number of piperidine rings is 1. The number of fused-ring (bicyclic) bond motifs is 5. The summed E-state index contributed by atoms with van der Waals surface area (Å²) in [7, 11) is 0. The van der Waals surface area contributed by atoms with Gasteiger partial charge >= 0.3 is 0 Å². The summed E-state index contributed by atoms with van der Waals surface area (Å²) >= 11 is 0. The number of amides is 4. The van der Waals surface area contributed by atoms with Crippen molar-refractivity contribution in [2.75, 3.05) is 18.5 Å². The summed E-state index contributed by atoms with van der Waals surface area (Å²) in [6.45, 7) is 4.36. The number of likely N-dealkylation sites (tertiary alicyclic amines) is 2. The second kappa shape index (κ2) is 14.1. The minimum atomic E-state index is -1.47. The minimum absolute atomic E-state index is 0.0179. The monoisotopic (exact) mass is 770 g/mol. The second-order valence-corrected chi connectivity index (χ2v) is 16.9. The summed E-state index contributed by atoms with van der Waals surface area (Å²) in [4.78, 5) is 64.1. The van der Waals surface area contributed by atoms with Gasteiger partial charge in [0, 0.05) is 37.2 Å². The molecule has 0 radical (unpaired) electrons. The third-order valence-electron chi connectivity index (χ3n) is 13.8. The van der Waals surface area contributed by atoms with E-state index in [1.54, 1.807) is 11.0 Å². The molecule has 0 bridgehead atoms. The van der Waals surface area contributed by atoms with E-state index in [2.05, 4.69) is 28.5 Å². The normalized spacial score (nSPS) is 27.4. The van der Waals surface area contributed by atoms with Crippen LogP contribution in [0.5, 0.6) is 5.75 Å². The van der Waals surface area contributed by atoms with Crippen LogP contribution in [0, 0.1) is 30.6 Å². The molecule has 2 N–H and O–H groups in total. The number of hydrogen-bond donors (Lipinski definition) is 2. The van der Waals surface area contributed by atoms with Gasteiger partial charge in [0.1, 0.15) is 5.75 Å². The van der Waals surface area contributed by atoms with Crippen molar-refractivity contribution in [1.82, 2.24) is 14.8 Å². The predicted octanol–water partition coefficient (Wildman–Crippen LogP) is 7.50.